The second kappa shape index (κ2) is 18.4. The summed E-state index contributed by atoms with van der Waals surface area (Å²) in [6.07, 6.45) is 0. The Morgan fingerprint density at radius 3 is 0.678 bits per heavy atom. The fourth-order valence-corrected chi connectivity index (χ4v) is 7.90. The first kappa shape index (κ1) is 47.8. The highest BCUT2D eigenvalue weighted by molar-refractivity contribution is 6.53. The van der Waals surface area contributed by atoms with Crippen LogP contribution >= 0.6 is 0 Å². The van der Waals surface area contributed by atoms with Crippen LogP contribution in [0, 0.1) is 116 Å². The number of rotatable bonds is 16. The van der Waals surface area contributed by atoms with E-state index in [0.717, 1.165) is 13.8 Å². The van der Waals surface area contributed by atoms with Crippen LogP contribution in [0.25, 0.3) is 0 Å². The minimum atomic E-state index is -3.07. The molecule has 314 valence electrons. The maximum Gasteiger partial charge on any atom is 0.336 e. The van der Waals surface area contributed by atoms with Crippen molar-refractivity contribution in [2.24, 2.45) is 0 Å². The Balaban J connectivity index is 1.78. The molecular weight excluding hydrogens is 875 g/mol. The fourth-order valence-electron chi connectivity index (χ4n) is 5.42. The third-order valence-electron chi connectivity index (χ3n) is 8.39. The lowest BCUT2D eigenvalue weighted by molar-refractivity contribution is 0.0748. The summed E-state index contributed by atoms with van der Waals surface area (Å²) in [4.78, 5) is 0. The minimum absolute atomic E-state index is 0.799. The lowest BCUT2D eigenvalue weighted by Crippen LogP contribution is -2.58. The Labute approximate surface area is 325 Å². The molecule has 0 aromatic heterocycles. The molecule has 2 unspecified atom stereocenters. The first-order chi connectivity index (χ1) is 27.3. The zero-order chi connectivity index (χ0) is 44.6. The first-order valence-corrected chi connectivity index (χ1v) is 17.2. The summed E-state index contributed by atoms with van der Waals surface area (Å²) in [5.41, 5.74) is -6.68. The Kier molecular flexibility index (Phi) is 14.9. The van der Waals surface area contributed by atoms with Gasteiger partial charge in [-0.25, -0.2) is 87.8 Å². The van der Waals surface area contributed by atoms with Crippen LogP contribution in [-0.2, 0) is 18.6 Å². The molecule has 4 nitrogen and oxygen atoms in total. The lowest BCUT2D eigenvalue weighted by atomic mass is 9.85. The summed E-state index contributed by atoms with van der Waals surface area (Å²) in [6, 6.07) is 0. The third kappa shape index (κ3) is 9.54. The first-order valence-electron chi connectivity index (χ1n) is 15.7. The second-order valence-electron chi connectivity index (χ2n) is 12.8. The molecular formula is C30H15AlB4F20O4. The molecule has 4 rings (SSSR count). The van der Waals surface area contributed by atoms with E-state index in [9.17, 15) is 87.8 Å². The molecule has 29 heteroatoms. The number of halogens is 20. The van der Waals surface area contributed by atoms with Crippen molar-refractivity contribution in [1.82, 2.24) is 0 Å². The molecule has 0 fully saturated rings. The topological polar surface area (TPSA) is 36.9 Å². The van der Waals surface area contributed by atoms with Crippen LogP contribution in [0.15, 0.2) is 0 Å². The molecule has 0 aliphatic carbocycles. The molecule has 0 N–H and O–H groups in total. The van der Waals surface area contributed by atoms with Gasteiger partial charge in [0.05, 0.1) is 0 Å². The molecule has 0 saturated carbocycles. The van der Waals surface area contributed by atoms with Gasteiger partial charge in [-0.05, 0) is 13.8 Å². The van der Waals surface area contributed by atoms with E-state index in [1.54, 1.807) is 0 Å². The van der Waals surface area contributed by atoms with Gasteiger partial charge in [-0.2, -0.15) is 0 Å². The van der Waals surface area contributed by atoms with Crippen molar-refractivity contribution in [1.29, 1.82) is 0 Å². The van der Waals surface area contributed by atoms with Crippen molar-refractivity contribution >= 4 is 67.0 Å². The average Bonchev–Trinajstić information content (AvgIpc) is 3.20. The predicted octanol–water partition coefficient (Wildman–Crippen LogP) is 3.41. The SMILES string of the molecule is C[C](COBc1c(F)c(F)c(F)c(F)c1F)(OBc1c(F)c(F)c(F)c(F)c1F)[AlH][C](C)(COBc1c(F)c(F)c(F)c(F)c1F)OBc1c(F)c(F)c(F)c(F)c1F. The minimum Gasteiger partial charge on any atom is -0.440 e. The lowest BCUT2D eigenvalue weighted by Gasteiger charge is -2.39. The van der Waals surface area contributed by atoms with Crippen molar-refractivity contribution < 1.29 is 106 Å². The zero-order valence-electron chi connectivity index (χ0n) is 29.1. The van der Waals surface area contributed by atoms with E-state index in [1.165, 1.54) is 0 Å². The van der Waals surface area contributed by atoms with Crippen molar-refractivity contribution in [3.63, 3.8) is 0 Å². The quantitative estimate of drug-likeness (QED) is 0.0750. The van der Waals surface area contributed by atoms with Crippen LogP contribution in [0.4, 0.5) is 87.8 Å². The monoisotopic (exact) mass is 890 g/mol. The largest absolute Gasteiger partial charge is 0.440 e. The Bertz CT molecular complexity index is 2040. The van der Waals surface area contributed by atoms with E-state index in [0.29, 0.717) is 0 Å². The molecule has 0 heterocycles. The fraction of sp³-hybridized carbons (Fsp3) is 0.200. The van der Waals surface area contributed by atoms with Gasteiger partial charge in [-0.3, -0.25) is 0 Å². The molecule has 0 radical (unpaired) electrons. The van der Waals surface area contributed by atoms with Crippen LogP contribution in [-0.4, -0.2) is 67.3 Å². The molecule has 4 aromatic rings. The van der Waals surface area contributed by atoms with Crippen LogP contribution in [0.5, 0.6) is 0 Å². The highest BCUT2D eigenvalue weighted by atomic mass is 27.1. The molecule has 4 aromatic carbocycles. The summed E-state index contributed by atoms with van der Waals surface area (Å²) in [5.74, 6) is -49.9. The third-order valence-corrected chi connectivity index (χ3v) is 10.7. The van der Waals surface area contributed by atoms with Gasteiger partial charge in [-0.1, -0.05) is 0 Å². The van der Waals surface area contributed by atoms with Crippen molar-refractivity contribution in [2.45, 2.75) is 22.8 Å². The summed E-state index contributed by atoms with van der Waals surface area (Å²) < 4.78 is 298. The zero-order valence-corrected chi connectivity index (χ0v) is 30.6. The van der Waals surface area contributed by atoms with E-state index >= 15 is 0 Å². The molecule has 2 atom stereocenters. The second-order valence-corrected chi connectivity index (χ2v) is 16.2. The predicted molar refractivity (Wildman–Crippen MR) is 170 cm³/mol. The summed E-state index contributed by atoms with van der Waals surface area (Å²) in [7, 11) is -6.47. The van der Waals surface area contributed by atoms with Gasteiger partial charge in [0.25, 0.3) is 0 Å². The molecule has 59 heavy (non-hydrogen) atoms. The van der Waals surface area contributed by atoms with Gasteiger partial charge < -0.3 is 18.6 Å². The molecule has 0 aliphatic rings. The molecule has 0 aliphatic heterocycles. The van der Waals surface area contributed by atoms with Crippen molar-refractivity contribution in [3.8, 4) is 0 Å². The van der Waals surface area contributed by atoms with Crippen LogP contribution in [0.1, 0.15) is 13.8 Å². The van der Waals surface area contributed by atoms with E-state index in [1.807, 2.05) is 0 Å². The van der Waals surface area contributed by atoms with Gasteiger partial charge in [0, 0.05) is 44.0 Å². The van der Waals surface area contributed by atoms with Crippen LogP contribution < -0.4 is 21.9 Å². The van der Waals surface area contributed by atoms with Crippen LogP contribution in [0.2, 0.25) is 0 Å². The van der Waals surface area contributed by atoms with Gasteiger partial charge in [0.2, 0.25) is 0 Å². The van der Waals surface area contributed by atoms with Gasteiger partial charge in [-0.15, -0.1) is 0 Å². The molecule has 0 amide bonds. The van der Waals surface area contributed by atoms with E-state index in [2.05, 4.69) is 0 Å². The van der Waals surface area contributed by atoms with E-state index in [-0.39, 0.29) is 0 Å². The Hall–Kier alpha value is -3.89. The van der Waals surface area contributed by atoms with Crippen molar-refractivity contribution in [2.75, 3.05) is 13.2 Å². The van der Waals surface area contributed by atoms with Crippen LogP contribution in [0.3, 0.4) is 0 Å². The van der Waals surface area contributed by atoms with Gasteiger partial charge >= 0.3 is 45.1 Å². The van der Waals surface area contributed by atoms with Gasteiger partial charge in [0.15, 0.2) is 116 Å². The number of hydrogen-bond donors (Lipinski definition) is 0. The maximum absolute atomic E-state index is 14.6. The van der Waals surface area contributed by atoms with Crippen molar-refractivity contribution in [3.05, 3.63) is 116 Å². The Morgan fingerprint density at radius 2 is 0.475 bits per heavy atom. The summed E-state index contributed by atoms with van der Waals surface area (Å²) >= 11 is -3.07. The van der Waals surface area contributed by atoms with E-state index in [4.69, 9.17) is 18.6 Å². The highest BCUT2D eigenvalue weighted by Gasteiger charge is 2.43. The smallest absolute Gasteiger partial charge is 0.336 e. The van der Waals surface area contributed by atoms with E-state index < -0.39 is 205 Å². The normalized spacial score (nSPS) is 13.6. The van der Waals surface area contributed by atoms with Gasteiger partial charge in [0.1, 0.15) is 0 Å². The molecule has 0 spiro atoms. The molecule has 0 bridgehead atoms. The summed E-state index contributed by atoms with van der Waals surface area (Å²) in [6.45, 7) is -0.970. The number of hydrogen-bond acceptors (Lipinski definition) is 4. The standard InChI is InChI=1S/2C15H7B2F10O2.Al.H/c2*1-3(29-17-5-8(20)12(24)15(27)13(25)9(5)21)2-28-16-4-6(18)10(22)14(26)11(23)7(4)19;;/h2*16-17H,2H2,1H3;;. The number of benzene rings is 4. The average molecular weight is 890 g/mol. The summed E-state index contributed by atoms with van der Waals surface area (Å²) in [5, 5.41) is 0. The Morgan fingerprint density at radius 1 is 0.305 bits per heavy atom. The molecule has 0 saturated heterocycles. The maximum atomic E-state index is 14.6. The highest BCUT2D eigenvalue weighted by Crippen LogP contribution is 2.24.